The van der Waals surface area contributed by atoms with Gasteiger partial charge in [0.05, 0.1) is 5.56 Å². The van der Waals surface area contributed by atoms with E-state index in [1.807, 2.05) is 43.3 Å². The lowest BCUT2D eigenvalue weighted by Gasteiger charge is -2.20. The predicted molar refractivity (Wildman–Crippen MR) is 104 cm³/mol. The van der Waals surface area contributed by atoms with E-state index in [4.69, 9.17) is 9.15 Å². The van der Waals surface area contributed by atoms with E-state index in [1.165, 1.54) is 0 Å². The van der Waals surface area contributed by atoms with Gasteiger partial charge in [-0.05, 0) is 57.2 Å². The second-order valence-corrected chi connectivity index (χ2v) is 6.17. The quantitative estimate of drug-likeness (QED) is 0.583. The molecule has 0 N–H and O–H groups in total. The molecular weight excluding hydrogens is 342 g/mol. The van der Waals surface area contributed by atoms with Crippen molar-refractivity contribution < 1.29 is 13.9 Å². The summed E-state index contributed by atoms with van der Waals surface area (Å²) in [4.78, 5) is 14.4. The molecule has 0 aliphatic carbocycles. The number of carbonyl (C=O) groups excluding carboxylic acids is 1. The van der Waals surface area contributed by atoms with Crippen LogP contribution in [0.5, 0.6) is 0 Å². The zero-order valence-corrected chi connectivity index (χ0v) is 15.8. The largest absolute Gasteiger partial charge is 0.452 e. The minimum atomic E-state index is -0.420. The molecule has 1 heterocycles. The van der Waals surface area contributed by atoms with Crippen LogP contribution in [0.25, 0.3) is 11.5 Å². The van der Waals surface area contributed by atoms with Gasteiger partial charge in [-0.15, -0.1) is 10.2 Å². The summed E-state index contributed by atoms with van der Waals surface area (Å²) in [5.74, 6) is 0.254. The number of aromatic nitrogens is 2. The maximum Gasteiger partial charge on any atom is 0.338 e. The van der Waals surface area contributed by atoms with Crippen LogP contribution in [0, 0.1) is 6.92 Å². The monoisotopic (exact) mass is 365 g/mol. The van der Waals surface area contributed by atoms with E-state index in [1.54, 1.807) is 12.1 Å². The first-order valence-electron chi connectivity index (χ1n) is 9.02. The Morgan fingerprint density at radius 3 is 2.48 bits per heavy atom. The van der Waals surface area contributed by atoms with Crippen LogP contribution < -0.4 is 4.90 Å². The predicted octanol–water partition coefficient (Wildman–Crippen LogP) is 4.25. The standard InChI is InChI=1S/C21H23N3O3/c1-4-24(5-2)18-11-9-16(10-12-18)21(25)26-14-19-22-23-20(27-19)17-8-6-7-15(3)13-17/h6-13H,4-5,14H2,1-3H3. The van der Waals surface area contributed by atoms with Gasteiger partial charge in [0.25, 0.3) is 5.89 Å². The number of hydrogen-bond acceptors (Lipinski definition) is 6. The number of carbonyl (C=O) groups is 1. The third-order valence-corrected chi connectivity index (χ3v) is 4.29. The molecule has 0 atom stereocenters. The van der Waals surface area contributed by atoms with Gasteiger partial charge in [-0.25, -0.2) is 4.79 Å². The molecule has 0 aliphatic rings. The van der Waals surface area contributed by atoms with Crippen molar-refractivity contribution in [2.24, 2.45) is 0 Å². The first-order valence-corrected chi connectivity index (χ1v) is 9.02. The van der Waals surface area contributed by atoms with Crippen molar-refractivity contribution in [3.63, 3.8) is 0 Å². The molecule has 140 valence electrons. The first kappa shape index (κ1) is 18.6. The smallest absolute Gasteiger partial charge is 0.338 e. The Balaban J connectivity index is 1.61. The van der Waals surface area contributed by atoms with E-state index in [2.05, 4.69) is 28.9 Å². The summed E-state index contributed by atoms with van der Waals surface area (Å²) in [7, 11) is 0. The highest BCUT2D eigenvalue weighted by Crippen LogP contribution is 2.20. The van der Waals surface area contributed by atoms with Gasteiger partial charge in [0.1, 0.15) is 0 Å². The Labute approximate surface area is 158 Å². The number of nitrogens with zero attached hydrogens (tertiary/aromatic N) is 3. The molecule has 6 heteroatoms. The number of ether oxygens (including phenoxy) is 1. The van der Waals surface area contributed by atoms with Crippen molar-refractivity contribution in [1.82, 2.24) is 10.2 Å². The Morgan fingerprint density at radius 2 is 1.81 bits per heavy atom. The summed E-state index contributed by atoms with van der Waals surface area (Å²) in [6, 6.07) is 15.2. The van der Waals surface area contributed by atoms with Gasteiger partial charge in [-0.2, -0.15) is 0 Å². The van der Waals surface area contributed by atoms with Crippen molar-refractivity contribution in [3.05, 3.63) is 65.5 Å². The molecule has 0 fully saturated rings. The molecule has 0 saturated carbocycles. The fourth-order valence-corrected chi connectivity index (χ4v) is 2.81. The van der Waals surface area contributed by atoms with Crippen LogP contribution in [0.4, 0.5) is 5.69 Å². The fraction of sp³-hybridized carbons (Fsp3) is 0.286. The molecule has 2 aromatic carbocycles. The van der Waals surface area contributed by atoms with Crippen molar-refractivity contribution in [2.45, 2.75) is 27.4 Å². The van der Waals surface area contributed by atoms with Gasteiger partial charge in [0, 0.05) is 24.3 Å². The Kier molecular flexibility index (Phi) is 5.86. The molecule has 0 radical (unpaired) electrons. The number of hydrogen-bond donors (Lipinski definition) is 0. The average Bonchev–Trinajstić information content (AvgIpc) is 3.17. The van der Waals surface area contributed by atoms with Gasteiger partial charge in [0.2, 0.25) is 5.89 Å². The minimum absolute atomic E-state index is 0.0601. The van der Waals surface area contributed by atoms with Crippen molar-refractivity contribution in [1.29, 1.82) is 0 Å². The summed E-state index contributed by atoms with van der Waals surface area (Å²) < 4.78 is 10.9. The highest BCUT2D eigenvalue weighted by molar-refractivity contribution is 5.89. The SMILES string of the molecule is CCN(CC)c1ccc(C(=O)OCc2nnc(-c3cccc(C)c3)o2)cc1. The molecule has 3 rings (SSSR count). The normalized spacial score (nSPS) is 10.6. The molecule has 0 unspecified atom stereocenters. The van der Waals surface area contributed by atoms with E-state index in [0.29, 0.717) is 11.5 Å². The van der Waals surface area contributed by atoms with E-state index in [0.717, 1.165) is 29.9 Å². The lowest BCUT2D eigenvalue weighted by Crippen LogP contribution is -2.21. The second-order valence-electron chi connectivity index (χ2n) is 6.17. The second kappa shape index (κ2) is 8.49. The maximum atomic E-state index is 12.2. The molecule has 3 aromatic rings. The Bertz CT molecular complexity index is 899. The lowest BCUT2D eigenvalue weighted by atomic mass is 10.1. The molecule has 0 spiro atoms. The van der Waals surface area contributed by atoms with Crippen LogP contribution in [-0.4, -0.2) is 29.3 Å². The van der Waals surface area contributed by atoms with Gasteiger partial charge in [-0.1, -0.05) is 17.7 Å². The number of aryl methyl sites for hydroxylation is 1. The first-order chi connectivity index (χ1) is 13.1. The van der Waals surface area contributed by atoms with Gasteiger partial charge in [0.15, 0.2) is 6.61 Å². The summed E-state index contributed by atoms with van der Waals surface area (Å²) in [6.07, 6.45) is 0. The fourth-order valence-electron chi connectivity index (χ4n) is 2.81. The molecule has 0 saturated heterocycles. The minimum Gasteiger partial charge on any atom is -0.452 e. The number of anilines is 1. The molecule has 1 aromatic heterocycles. The Morgan fingerprint density at radius 1 is 1.07 bits per heavy atom. The van der Waals surface area contributed by atoms with Crippen molar-refractivity contribution in [2.75, 3.05) is 18.0 Å². The van der Waals surface area contributed by atoms with Gasteiger partial charge < -0.3 is 14.1 Å². The molecule has 27 heavy (non-hydrogen) atoms. The van der Waals surface area contributed by atoms with Crippen LogP contribution in [0.1, 0.15) is 35.7 Å². The maximum absolute atomic E-state index is 12.2. The summed E-state index contributed by atoms with van der Waals surface area (Å²) >= 11 is 0. The lowest BCUT2D eigenvalue weighted by molar-refractivity contribution is 0.0438. The van der Waals surface area contributed by atoms with Crippen LogP contribution in [0.2, 0.25) is 0 Å². The molecule has 0 aliphatic heterocycles. The van der Waals surface area contributed by atoms with Crippen LogP contribution in [0.3, 0.4) is 0 Å². The highest BCUT2D eigenvalue weighted by atomic mass is 16.5. The van der Waals surface area contributed by atoms with E-state index < -0.39 is 5.97 Å². The summed E-state index contributed by atoms with van der Waals surface area (Å²) in [6.45, 7) is 7.97. The third kappa shape index (κ3) is 4.53. The zero-order valence-electron chi connectivity index (χ0n) is 15.8. The number of benzene rings is 2. The average molecular weight is 365 g/mol. The molecule has 6 nitrogen and oxygen atoms in total. The number of rotatable bonds is 7. The highest BCUT2D eigenvalue weighted by Gasteiger charge is 2.13. The van der Waals surface area contributed by atoms with E-state index >= 15 is 0 Å². The van der Waals surface area contributed by atoms with Crippen LogP contribution in [-0.2, 0) is 11.3 Å². The van der Waals surface area contributed by atoms with Crippen molar-refractivity contribution >= 4 is 11.7 Å². The van der Waals surface area contributed by atoms with Gasteiger partial charge in [-0.3, -0.25) is 0 Å². The van der Waals surface area contributed by atoms with Gasteiger partial charge >= 0.3 is 5.97 Å². The molecule has 0 bridgehead atoms. The zero-order chi connectivity index (χ0) is 19.2. The van der Waals surface area contributed by atoms with E-state index in [-0.39, 0.29) is 12.5 Å². The van der Waals surface area contributed by atoms with E-state index in [9.17, 15) is 4.79 Å². The summed E-state index contributed by atoms with van der Waals surface area (Å²) in [5.41, 5.74) is 3.51. The van der Waals surface area contributed by atoms with Crippen LogP contribution in [0.15, 0.2) is 52.9 Å². The topological polar surface area (TPSA) is 68.5 Å². The summed E-state index contributed by atoms with van der Waals surface area (Å²) in [5, 5.41) is 7.96. The Hall–Kier alpha value is -3.15. The number of esters is 1. The third-order valence-electron chi connectivity index (χ3n) is 4.29. The van der Waals surface area contributed by atoms with Crippen molar-refractivity contribution in [3.8, 4) is 11.5 Å². The molecular formula is C21H23N3O3. The van der Waals surface area contributed by atoms with Crippen LogP contribution >= 0.6 is 0 Å². The molecule has 0 amide bonds.